The molecule has 1 aromatic rings. The van der Waals surface area contributed by atoms with Gasteiger partial charge in [0.25, 0.3) is 17.5 Å². The number of carbonyl (C=O) groups excluding carboxylic acids is 3. The van der Waals surface area contributed by atoms with Crippen LogP contribution in [0.1, 0.15) is 31.1 Å². The first kappa shape index (κ1) is 26.6. The fourth-order valence-corrected chi connectivity index (χ4v) is 2.19. The number of aliphatic hydroxyl groups excluding tert-OH is 1. The third-order valence-electron chi connectivity index (χ3n) is 3.68. The van der Waals surface area contributed by atoms with Gasteiger partial charge in [-0.05, 0) is 39.0 Å². The second-order valence-corrected chi connectivity index (χ2v) is 5.89. The molecule has 178 valence electrons. The zero-order chi connectivity index (χ0) is 25.0. The Bertz CT molecular complexity index is 982. The predicted octanol–water partition coefficient (Wildman–Crippen LogP) is 1.46. The minimum Gasteiger partial charge on any atom is -0.480 e. The van der Waals surface area contributed by atoms with E-state index in [2.05, 4.69) is 10.5 Å². The van der Waals surface area contributed by atoms with E-state index in [4.69, 9.17) is 19.9 Å². The number of hydrogen-bond acceptors (Lipinski definition) is 10. The highest BCUT2D eigenvalue weighted by Crippen LogP contribution is 2.14. The maximum Gasteiger partial charge on any atom is 0.345 e. The molecule has 0 heterocycles. The van der Waals surface area contributed by atoms with Gasteiger partial charge in [-0.25, -0.2) is 15.0 Å². The number of aliphatic hydroxyl groups is 1. The van der Waals surface area contributed by atoms with E-state index in [1.807, 2.05) is 0 Å². The molecule has 13 heteroatoms. The molecular weight excluding hydrogens is 440 g/mol. The second kappa shape index (κ2) is 13.1. The number of esters is 2. The van der Waals surface area contributed by atoms with Crippen LogP contribution in [-0.2, 0) is 23.8 Å². The first-order chi connectivity index (χ1) is 15.7. The summed E-state index contributed by atoms with van der Waals surface area (Å²) in [5, 5.41) is 24.4. The van der Waals surface area contributed by atoms with E-state index in [0.29, 0.717) is 0 Å². The van der Waals surface area contributed by atoms with Crippen LogP contribution in [0.5, 0.6) is 0 Å². The number of benzene rings is 1. The number of amidine groups is 1. The molecule has 0 saturated carbocycles. The van der Waals surface area contributed by atoms with Gasteiger partial charge in [0.15, 0.2) is 5.84 Å². The van der Waals surface area contributed by atoms with Crippen LogP contribution in [0.15, 0.2) is 52.5 Å². The highest BCUT2D eigenvalue weighted by Gasteiger charge is 2.23. The monoisotopic (exact) mass is 464 g/mol. The van der Waals surface area contributed by atoms with E-state index in [9.17, 15) is 29.6 Å². The van der Waals surface area contributed by atoms with Gasteiger partial charge in [0.2, 0.25) is 0 Å². The summed E-state index contributed by atoms with van der Waals surface area (Å²) in [5.74, 6) is -4.17. The van der Waals surface area contributed by atoms with Gasteiger partial charge in [0.1, 0.15) is 11.1 Å². The van der Waals surface area contributed by atoms with E-state index in [0.717, 1.165) is 18.2 Å². The third-order valence-corrected chi connectivity index (χ3v) is 3.68. The quantitative estimate of drug-likeness (QED) is 0.0631. The number of amides is 1. The van der Waals surface area contributed by atoms with Crippen molar-refractivity contribution in [2.75, 3.05) is 19.8 Å². The Hall–Kier alpha value is -4.42. The van der Waals surface area contributed by atoms with Crippen LogP contribution in [0.4, 0.5) is 5.69 Å². The summed E-state index contributed by atoms with van der Waals surface area (Å²) in [4.78, 5) is 46.9. The maximum atomic E-state index is 12.4. The summed E-state index contributed by atoms with van der Waals surface area (Å²) in [7, 11) is 0. The van der Waals surface area contributed by atoms with Crippen molar-refractivity contribution in [3.63, 3.8) is 0 Å². The number of nitro benzene ring substituents is 1. The molecule has 0 aliphatic heterocycles. The molecule has 0 aromatic heterocycles. The summed E-state index contributed by atoms with van der Waals surface area (Å²) in [6.07, 6.45) is 0.859. The standard InChI is InChI=1S/C20H24N4O9/c1-4-31-18(26)14(11-15(19(27)32-5-2)20(28)33-6-3)16(21)22-23-17(25)12-7-9-13(10-8-12)24(29)30/h7-11,27H,4-6H2,1-3H3,(H2,21,22)(H,23,25)/b14-11+,19-15+. The molecule has 1 amide bonds. The molecule has 0 atom stereocenters. The van der Waals surface area contributed by atoms with Crippen molar-refractivity contribution in [3.05, 3.63) is 63.1 Å². The number of hydrazone groups is 1. The highest BCUT2D eigenvalue weighted by atomic mass is 16.6. The smallest absolute Gasteiger partial charge is 0.345 e. The van der Waals surface area contributed by atoms with Gasteiger partial charge in [-0.3, -0.25) is 14.9 Å². The number of ether oxygens (including phenoxy) is 3. The van der Waals surface area contributed by atoms with Crippen molar-refractivity contribution in [1.82, 2.24) is 5.43 Å². The van der Waals surface area contributed by atoms with E-state index >= 15 is 0 Å². The Balaban J connectivity index is 3.30. The molecule has 0 fully saturated rings. The fourth-order valence-electron chi connectivity index (χ4n) is 2.19. The molecule has 0 unspecified atom stereocenters. The summed E-state index contributed by atoms with van der Waals surface area (Å²) < 4.78 is 14.6. The number of hydrogen-bond donors (Lipinski definition) is 3. The van der Waals surface area contributed by atoms with Gasteiger partial charge in [0.05, 0.1) is 24.7 Å². The lowest BCUT2D eigenvalue weighted by molar-refractivity contribution is -0.384. The lowest BCUT2D eigenvalue weighted by Gasteiger charge is -2.10. The van der Waals surface area contributed by atoms with Crippen LogP contribution in [0, 0.1) is 10.1 Å². The Morgan fingerprint density at radius 2 is 1.61 bits per heavy atom. The van der Waals surface area contributed by atoms with E-state index in [1.54, 1.807) is 6.92 Å². The summed E-state index contributed by atoms with van der Waals surface area (Å²) in [6, 6.07) is 4.64. The van der Waals surface area contributed by atoms with Crippen LogP contribution in [0.3, 0.4) is 0 Å². The van der Waals surface area contributed by atoms with Gasteiger partial charge >= 0.3 is 11.9 Å². The molecule has 1 aromatic carbocycles. The van der Waals surface area contributed by atoms with Crippen LogP contribution < -0.4 is 11.2 Å². The Kier molecular flexibility index (Phi) is 10.6. The largest absolute Gasteiger partial charge is 0.480 e. The van der Waals surface area contributed by atoms with Gasteiger partial charge in [-0.1, -0.05) is 0 Å². The van der Waals surface area contributed by atoms with Crippen LogP contribution in [0.25, 0.3) is 0 Å². The lowest BCUT2D eigenvalue weighted by Crippen LogP contribution is -2.28. The minimum absolute atomic E-state index is 0.00614. The molecule has 0 saturated heterocycles. The molecular formula is C20H24N4O9. The first-order valence-electron chi connectivity index (χ1n) is 9.66. The van der Waals surface area contributed by atoms with Crippen molar-refractivity contribution in [1.29, 1.82) is 0 Å². The van der Waals surface area contributed by atoms with E-state index in [1.165, 1.54) is 26.0 Å². The average molecular weight is 464 g/mol. The summed E-state index contributed by atoms with van der Waals surface area (Å²) in [6.45, 7) is 4.55. The number of nitrogens with two attached hydrogens (primary N) is 1. The van der Waals surface area contributed by atoms with Gasteiger partial charge < -0.3 is 25.1 Å². The van der Waals surface area contributed by atoms with Crippen molar-refractivity contribution >= 4 is 29.4 Å². The molecule has 0 bridgehead atoms. The fraction of sp³-hybridized carbons (Fsp3) is 0.300. The van der Waals surface area contributed by atoms with Crippen LogP contribution in [-0.4, -0.2) is 53.5 Å². The molecule has 0 aliphatic carbocycles. The number of carbonyl (C=O) groups is 3. The van der Waals surface area contributed by atoms with Crippen LogP contribution >= 0.6 is 0 Å². The Morgan fingerprint density at radius 3 is 2.12 bits per heavy atom. The molecule has 13 nitrogen and oxygen atoms in total. The number of nitrogens with zero attached hydrogens (tertiary/aromatic N) is 2. The number of nitro groups is 1. The number of rotatable bonds is 11. The maximum absolute atomic E-state index is 12.4. The Labute approximate surface area is 188 Å². The third kappa shape index (κ3) is 7.97. The summed E-state index contributed by atoms with van der Waals surface area (Å²) in [5.41, 5.74) is 6.71. The SMILES string of the molecule is CCOC(=O)C(=C/C(C(=O)OCC)=C(/O)OCC)/C(N)=N/NC(=O)c1ccc([N+](=O)[O-])cc1. The number of nitrogens with one attached hydrogen (secondary N) is 1. The molecule has 1 rings (SSSR count). The summed E-state index contributed by atoms with van der Waals surface area (Å²) >= 11 is 0. The van der Waals surface area contributed by atoms with E-state index < -0.39 is 45.7 Å². The normalized spacial score (nSPS) is 12.3. The first-order valence-corrected chi connectivity index (χ1v) is 9.66. The van der Waals surface area contributed by atoms with Crippen LogP contribution in [0.2, 0.25) is 0 Å². The minimum atomic E-state index is -1.01. The molecule has 0 aliphatic rings. The van der Waals surface area contributed by atoms with E-state index in [-0.39, 0.29) is 31.1 Å². The predicted molar refractivity (Wildman–Crippen MR) is 115 cm³/mol. The molecule has 0 spiro atoms. The Morgan fingerprint density at radius 1 is 1.06 bits per heavy atom. The molecule has 0 radical (unpaired) electrons. The zero-order valence-electron chi connectivity index (χ0n) is 18.2. The van der Waals surface area contributed by atoms with Crippen molar-refractivity contribution < 1.29 is 38.6 Å². The van der Waals surface area contributed by atoms with Crippen molar-refractivity contribution in [2.45, 2.75) is 20.8 Å². The van der Waals surface area contributed by atoms with Gasteiger partial charge in [-0.15, -0.1) is 0 Å². The van der Waals surface area contributed by atoms with Gasteiger partial charge in [-0.2, -0.15) is 5.10 Å². The topological polar surface area (TPSA) is 193 Å². The van der Waals surface area contributed by atoms with Gasteiger partial charge in [0, 0.05) is 17.7 Å². The average Bonchev–Trinajstić information content (AvgIpc) is 2.78. The number of non-ortho nitro benzene ring substituents is 1. The molecule has 33 heavy (non-hydrogen) atoms. The van der Waals surface area contributed by atoms with Crippen molar-refractivity contribution in [3.8, 4) is 0 Å². The second-order valence-electron chi connectivity index (χ2n) is 5.89. The highest BCUT2D eigenvalue weighted by molar-refractivity contribution is 6.19. The zero-order valence-corrected chi connectivity index (χ0v) is 18.2. The van der Waals surface area contributed by atoms with Crippen molar-refractivity contribution in [2.24, 2.45) is 10.8 Å². The lowest BCUT2D eigenvalue weighted by atomic mass is 10.1. The molecule has 4 N–H and O–H groups in total.